The summed E-state index contributed by atoms with van der Waals surface area (Å²) in [4.78, 5) is 34.7. The summed E-state index contributed by atoms with van der Waals surface area (Å²) < 4.78 is 7.08. The molecule has 4 rings (SSSR count). The molecule has 1 aromatic heterocycles. The van der Waals surface area contributed by atoms with Gasteiger partial charge in [-0.05, 0) is 50.6 Å². The Morgan fingerprint density at radius 2 is 1.76 bits per heavy atom. The third-order valence-corrected chi connectivity index (χ3v) is 5.66. The zero-order valence-electron chi connectivity index (χ0n) is 17.0. The molecule has 1 fully saturated rings. The molecule has 3 heterocycles. The first-order valence-electron chi connectivity index (χ1n) is 10.1. The van der Waals surface area contributed by atoms with Crippen molar-refractivity contribution < 1.29 is 14.3 Å². The molecule has 8 heteroatoms. The summed E-state index contributed by atoms with van der Waals surface area (Å²) in [7, 11) is 3.66. The number of piperazine rings is 1. The molecule has 154 valence electrons. The molecule has 0 radical (unpaired) electrons. The Kier molecular flexibility index (Phi) is 5.53. The van der Waals surface area contributed by atoms with Gasteiger partial charge in [0.2, 0.25) is 0 Å². The average molecular weight is 397 g/mol. The molecule has 0 atom stereocenters. The van der Waals surface area contributed by atoms with Gasteiger partial charge in [-0.15, -0.1) is 0 Å². The molecule has 2 aliphatic heterocycles. The largest absolute Gasteiger partial charge is 0.497 e. The van der Waals surface area contributed by atoms with Gasteiger partial charge in [-0.3, -0.25) is 9.59 Å². The molecule has 2 aromatic rings. The number of nitrogens with zero attached hydrogens (tertiary/aromatic N) is 4. The number of benzene rings is 1. The monoisotopic (exact) mass is 397 g/mol. The van der Waals surface area contributed by atoms with Crippen LogP contribution in [0.2, 0.25) is 0 Å². The molecule has 1 saturated heterocycles. The highest BCUT2D eigenvalue weighted by Gasteiger charge is 2.30. The van der Waals surface area contributed by atoms with Crippen molar-refractivity contribution in [2.45, 2.75) is 25.8 Å². The van der Waals surface area contributed by atoms with Crippen molar-refractivity contribution in [3.8, 4) is 5.75 Å². The number of ether oxygens (including phenoxy) is 1. The molecule has 0 unspecified atom stereocenters. The van der Waals surface area contributed by atoms with E-state index in [1.54, 1.807) is 31.4 Å². The van der Waals surface area contributed by atoms with Crippen molar-refractivity contribution in [3.63, 3.8) is 0 Å². The number of imidazole rings is 1. The van der Waals surface area contributed by atoms with Gasteiger partial charge in [-0.25, -0.2) is 4.98 Å². The van der Waals surface area contributed by atoms with E-state index in [0.717, 1.165) is 43.8 Å². The normalized spacial score (nSPS) is 17.0. The van der Waals surface area contributed by atoms with Crippen molar-refractivity contribution in [2.75, 3.05) is 45.7 Å². The fraction of sp³-hybridized carbons (Fsp3) is 0.476. The highest BCUT2D eigenvalue weighted by atomic mass is 16.5. The molecule has 0 aliphatic carbocycles. The summed E-state index contributed by atoms with van der Waals surface area (Å²) in [6.45, 7) is 3.80. The molecule has 1 N–H and O–H groups in total. The SMILES string of the molecule is COc1ccc(NC(=O)c2nc(C(=O)N3CCN(C)CC3)c3n2CCCC3)cc1. The van der Waals surface area contributed by atoms with Gasteiger partial charge >= 0.3 is 0 Å². The van der Waals surface area contributed by atoms with Gasteiger partial charge in [0.15, 0.2) is 5.82 Å². The number of anilines is 1. The number of likely N-dealkylation sites (N-methyl/N-ethyl adjacent to an activating group) is 1. The van der Waals surface area contributed by atoms with Crippen LogP contribution in [0.25, 0.3) is 0 Å². The van der Waals surface area contributed by atoms with E-state index in [1.807, 2.05) is 9.47 Å². The first-order chi connectivity index (χ1) is 14.1. The number of aromatic nitrogens is 2. The lowest BCUT2D eigenvalue weighted by Crippen LogP contribution is -2.47. The first kappa shape index (κ1) is 19.4. The second kappa shape index (κ2) is 8.24. The Balaban J connectivity index is 1.58. The number of nitrogens with one attached hydrogen (secondary N) is 1. The highest BCUT2D eigenvalue weighted by Crippen LogP contribution is 2.24. The number of hydrogen-bond acceptors (Lipinski definition) is 5. The Labute approximate surface area is 170 Å². The third-order valence-electron chi connectivity index (χ3n) is 5.66. The fourth-order valence-corrected chi connectivity index (χ4v) is 3.91. The van der Waals surface area contributed by atoms with Gasteiger partial charge in [0.25, 0.3) is 11.8 Å². The Hall–Kier alpha value is -2.87. The van der Waals surface area contributed by atoms with Crippen LogP contribution in [0.1, 0.15) is 39.6 Å². The van der Waals surface area contributed by atoms with Crippen molar-refractivity contribution in [3.05, 3.63) is 41.5 Å². The van der Waals surface area contributed by atoms with Crippen LogP contribution in [0.15, 0.2) is 24.3 Å². The number of methoxy groups -OCH3 is 1. The van der Waals surface area contributed by atoms with Gasteiger partial charge in [-0.1, -0.05) is 0 Å². The molecule has 1 aromatic carbocycles. The van der Waals surface area contributed by atoms with E-state index >= 15 is 0 Å². The van der Waals surface area contributed by atoms with Crippen LogP contribution >= 0.6 is 0 Å². The molecule has 8 nitrogen and oxygen atoms in total. The summed E-state index contributed by atoms with van der Waals surface area (Å²) in [6, 6.07) is 7.15. The Morgan fingerprint density at radius 1 is 1.03 bits per heavy atom. The zero-order chi connectivity index (χ0) is 20.4. The van der Waals surface area contributed by atoms with Crippen LogP contribution in [0.3, 0.4) is 0 Å². The van der Waals surface area contributed by atoms with E-state index in [0.29, 0.717) is 36.8 Å². The second-order valence-electron chi connectivity index (χ2n) is 7.62. The van der Waals surface area contributed by atoms with Crippen molar-refractivity contribution in [1.29, 1.82) is 0 Å². The molecule has 29 heavy (non-hydrogen) atoms. The van der Waals surface area contributed by atoms with Crippen molar-refractivity contribution in [1.82, 2.24) is 19.4 Å². The van der Waals surface area contributed by atoms with Crippen LogP contribution in [0.5, 0.6) is 5.75 Å². The van der Waals surface area contributed by atoms with Crippen LogP contribution in [0.4, 0.5) is 5.69 Å². The highest BCUT2D eigenvalue weighted by molar-refractivity contribution is 6.03. The molecule has 0 spiro atoms. The lowest BCUT2D eigenvalue weighted by Gasteiger charge is -2.32. The maximum Gasteiger partial charge on any atom is 0.291 e. The van der Waals surface area contributed by atoms with Gasteiger partial charge in [-0.2, -0.15) is 0 Å². The number of hydrogen-bond donors (Lipinski definition) is 1. The summed E-state index contributed by atoms with van der Waals surface area (Å²) in [6.07, 6.45) is 2.76. The number of fused-ring (bicyclic) bond motifs is 1. The Morgan fingerprint density at radius 3 is 2.45 bits per heavy atom. The predicted octanol–water partition coefficient (Wildman–Crippen LogP) is 1.87. The minimum Gasteiger partial charge on any atom is -0.497 e. The zero-order valence-corrected chi connectivity index (χ0v) is 17.0. The van der Waals surface area contributed by atoms with Gasteiger partial charge < -0.3 is 24.4 Å². The van der Waals surface area contributed by atoms with E-state index in [1.165, 1.54) is 0 Å². The van der Waals surface area contributed by atoms with Gasteiger partial charge in [0, 0.05) is 38.4 Å². The second-order valence-corrected chi connectivity index (χ2v) is 7.62. The third kappa shape index (κ3) is 3.98. The molecule has 2 aliphatic rings. The topological polar surface area (TPSA) is 79.7 Å². The Bertz CT molecular complexity index is 898. The van der Waals surface area contributed by atoms with Crippen LogP contribution in [-0.4, -0.2) is 71.5 Å². The maximum absolute atomic E-state index is 13.1. The standard InChI is InChI=1S/C21H27N5O3/c1-24-11-13-25(14-12-24)21(28)18-17-5-3-4-10-26(17)19(23-18)20(27)22-15-6-8-16(29-2)9-7-15/h6-9H,3-5,10-14H2,1-2H3,(H,22,27). The molecular weight excluding hydrogens is 370 g/mol. The number of carbonyl (C=O) groups excluding carboxylic acids is 2. The van der Waals surface area contributed by atoms with Crippen molar-refractivity contribution in [2.24, 2.45) is 0 Å². The van der Waals surface area contributed by atoms with Gasteiger partial charge in [0.05, 0.1) is 12.8 Å². The number of carbonyl (C=O) groups is 2. The van der Waals surface area contributed by atoms with E-state index in [9.17, 15) is 9.59 Å². The smallest absolute Gasteiger partial charge is 0.291 e. The summed E-state index contributed by atoms with van der Waals surface area (Å²) in [5, 5.41) is 2.89. The van der Waals surface area contributed by atoms with E-state index in [-0.39, 0.29) is 11.8 Å². The fourth-order valence-electron chi connectivity index (χ4n) is 3.91. The minimum atomic E-state index is -0.296. The van der Waals surface area contributed by atoms with Gasteiger partial charge in [0.1, 0.15) is 11.4 Å². The van der Waals surface area contributed by atoms with E-state index in [2.05, 4.69) is 22.2 Å². The van der Waals surface area contributed by atoms with Crippen LogP contribution in [0, 0.1) is 0 Å². The average Bonchev–Trinajstić information content (AvgIpc) is 3.14. The summed E-state index contributed by atoms with van der Waals surface area (Å²) in [5.41, 5.74) is 1.99. The quantitative estimate of drug-likeness (QED) is 0.852. The molecule has 0 bridgehead atoms. The summed E-state index contributed by atoms with van der Waals surface area (Å²) in [5.74, 6) is 0.678. The molecular formula is C21H27N5O3. The minimum absolute atomic E-state index is 0.0627. The molecule has 2 amide bonds. The molecule has 0 saturated carbocycles. The number of amides is 2. The summed E-state index contributed by atoms with van der Waals surface area (Å²) >= 11 is 0. The maximum atomic E-state index is 13.1. The lowest BCUT2D eigenvalue weighted by molar-refractivity contribution is 0.0657. The van der Waals surface area contributed by atoms with Crippen LogP contribution in [-0.2, 0) is 13.0 Å². The lowest BCUT2D eigenvalue weighted by atomic mass is 10.1. The van der Waals surface area contributed by atoms with E-state index in [4.69, 9.17) is 4.74 Å². The van der Waals surface area contributed by atoms with Crippen molar-refractivity contribution >= 4 is 17.5 Å². The van der Waals surface area contributed by atoms with Crippen LogP contribution < -0.4 is 10.1 Å². The number of rotatable bonds is 4. The van der Waals surface area contributed by atoms with E-state index < -0.39 is 0 Å². The predicted molar refractivity (Wildman–Crippen MR) is 110 cm³/mol. The first-order valence-corrected chi connectivity index (χ1v) is 10.1.